The normalized spacial score (nSPS) is 12.9. The van der Waals surface area contributed by atoms with Crippen molar-refractivity contribution in [2.45, 2.75) is 30.8 Å². The van der Waals surface area contributed by atoms with E-state index >= 15 is 0 Å². The van der Waals surface area contributed by atoms with Crippen molar-refractivity contribution in [1.29, 1.82) is 0 Å². The third-order valence-electron chi connectivity index (χ3n) is 4.75. The molecule has 1 aliphatic carbocycles. The first-order chi connectivity index (χ1) is 13.9. The topological polar surface area (TPSA) is 76.5 Å². The molecular formula is C20H25ClN4O3S. The zero-order valence-electron chi connectivity index (χ0n) is 16.8. The number of hydrogen-bond donors (Lipinski definition) is 1. The highest BCUT2D eigenvalue weighted by Gasteiger charge is 2.22. The molecule has 0 saturated heterocycles. The highest BCUT2D eigenvalue weighted by molar-refractivity contribution is 8.00. The lowest BCUT2D eigenvalue weighted by Gasteiger charge is -2.16. The van der Waals surface area contributed by atoms with Gasteiger partial charge in [-0.15, -0.1) is 0 Å². The van der Waals surface area contributed by atoms with Crippen LogP contribution in [0.1, 0.15) is 17.7 Å². The summed E-state index contributed by atoms with van der Waals surface area (Å²) in [6, 6.07) is 5.04. The van der Waals surface area contributed by atoms with Gasteiger partial charge in [0.1, 0.15) is 10.8 Å². The van der Waals surface area contributed by atoms with Crippen LogP contribution in [0.3, 0.4) is 0 Å². The maximum Gasteiger partial charge on any atom is 0.348 e. The summed E-state index contributed by atoms with van der Waals surface area (Å²) < 4.78 is 7.03. The number of likely N-dealkylation sites (N-methyl/N-ethyl adjacent to an activating group) is 1. The fraction of sp³-hybridized carbons (Fsp3) is 0.450. The van der Waals surface area contributed by atoms with Crippen LogP contribution in [-0.2, 0) is 24.2 Å². The van der Waals surface area contributed by atoms with Gasteiger partial charge >= 0.3 is 5.69 Å². The van der Waals surface area contributed by atoms with Crippen molar-refractivity contribution in [2.24, 2.45) is 0 Å². The number of thioether (sulfide) groups is 1. The molecule has 1 aromatic carbocycles. The molecule has 0 fully saturated rings. The third-order valence-corrected chi connectivity index (χ3v) is 6.00. The fourth-order valence-electron chi connectivity index (χ4n) is 3.33. The van der Waals surface area contributed by atoms with E-state index in [0.717, 1.165) is 37.1 Å². The van der Waals surface area contributed by atoms with Crippen LogP contribution in [-0.4, -0.2) is 53.9 Å². The number of aromatic nitrogens is 2. The van der Waals surface area contributed by atoms with Crippen LogP contribution in [0.4, 0.5) is 5.69 Å². The van der Waals surface area contributed by atoms with Gasteiger partial charge in [0.25, 0.3) is 0 Å². The van der Waals surface area contributed by atoms with Crippen LogP contribution >= 0.6 is 23.4 Å². The number of carbonyl (C=O) groups excluding carboxylic acids is 1. The molecule has 0 bridgehead atoms. The van der Waals surface area contributed by atoms with Gasteiger partial charge in [-0.25, -0.2) is 4.79 Å². The highest BCUT2D eigenvalue weighted by Crippen LogP contribution is 2.30. The van der Waals surface area contributed by atoms with Crippen LogP contribution in [0.25, 0.3) is 0 Å². The Bertz CT molecular complexity index is 961. The first-order valence-corrected chi connectivity index (χ1v) is 10.8. The number of nitrogens with one attached hydrogen (secondary N) is 1. The SMILES string of the molecule is COc1ccc(Cl)cc1NC(=O)CSc1nc(=O)n(CCN(C)C)c2c1CCC2. The molecule has 0 radical (unpaired) electrons. The highest BCUT2D eigenvalue weighted by atomic mass is 35.5. The predicted molar refractivity (Wildman–Crippen MR) is 116 cm³/mol. The molecule has 0 aliphatic heterocycles. The monoisotopic (exact) mass is 436 g/mol. The quantitative estimate of drug-likeness (QED) is 0.506. The average molecular weight is 437 g/mol. The molecule has 0 spiro atoms. The van der Waals surface area contributed by atoms with Gasteiger partial charge in [0, 0.05) is 29.4 Å². The number of nitrogens with zero attached hydrogens (tertiary/aromatic N) is 3. The fourth-order valence-corrected chi connectivity index (χ4v) is 4.38. The lowest BCUT2D eigenvalue weighted by molar-refractivity contribution is -0.113. The Kier molecular flexibility index (Phi) is 7.21. The van der Waals surface area contributed by atoms with Crippen LogP contribution in [0.15, 0.2) is 28.0 Å². The smallest absolute Gasteiger partial charge is 0.348 e. The predicted octanol–water partition coefficient (Wildman–Crippen LogP) is 2.69. The van der Waals surface area contributed by atoms with Gasteiger partial charge in [0.15, 0.2) is 0 Å². The second-order valence-electron chi connectivity index (χ2n) is 7.11. The molecule has 1 aromatic heterocycles. The zero-order chi connectivity index (χ0) is 21.0. The average Bonchev–Trinajstić information content (AvgIpc) is 3.15. The van der Waals surface area contributed by atoms with Crippen LogP contribution in [0.2, 0.25) is 5.02 Å². The van der Waals surface area contributed by atoms with Gasteiger partial charge in [-0.05, 0) is 51.6 Å². The lowest BCUT2D eigenvalue weighted by Crippen LogP contribution is -2.31. The molecule has 1 aliphatic rings. The van der Waals surface area contributed by atoms with E-state index in [1.807, 2.05) is 19.0 Å². The van der Waals surface area contributed by atoms with E-state index in [1.165, 1.54) is 18.9 Å². The van der Waals surface area contributed by atoms with Gasteiger partial charge in [-0.2, -0.15) is 4.98 Å². The lowest BCUT2D eigenvalue weighted by atomic mass is 10.2. The van der Waals surface area contributed by atoms with Crippen LogP contribution in [0.5, 0.6) is 5.75 Å². The third kappa shape index (κ3) is 5.32. The van der Waals surface area contributed by atoms with E-state index in [0.29, 0.717) is 28.0 Å². The minimum absolute atomic E-state index is 0.149. The number of benzene rings is 1. The number of hydrogen-bond acceptors (Lipinski definition) is 6. The number of rotatable bonds is 8. The number of anilines is 1. The molecule has 3 rings (SSSR count). The Morgan fingerprint density at radius 1 is 1.38 bits per heavy atom. The summed E-state index contributed by atoms with van der Waals surface area (Å²) in [4.78, 5) is 31.3. The van der Waals surface area contributed by atoms with Crippen molar-refractivity contribution in [3.8, 4) is 5.75 Å². The van der Waals surface area contributed by atoms with E-state index in [9.17, 15) is 9.59 Å². The molecule has 1 N–H and O–H groups in total. The van der Waals surface area contributed by atoms with Crippen molar-refractivity contribution in [3.63, 3.8) is 0 Å². The van der Waals surface area contributed by atoms with Crippen molar-refractivity contribution >= 4 is 35.0 Å². The molecule has 1 heterocycles. The van der Waals surface area contributed by atoms with Gasteiger partial charge in [0.2, 0.25) is 5.91 Å². The van der Waals surface area contributed by atoms with E-state index in [4.69, 9.17) is 16.3 Å². The van der Waals surface area contributed by atoms with E-state index < -0.39 is 0 Å². The van der Waals surface area contributed by atoms with Crippen LogP contribution in [0, 0.1) is 0 Å². The summed E-state index contributed by atoms with van der Waals surface area (Å²) in [7, 11) is 5.50. The second-order valence-corrected chi connectivity index (χ2v) is 8.52. The molecule has 2 aromatic rings. The number of carbonyl (C=O) groups is 1. The largest absolute Gasteiger partial charge is 0.495 e. The van der Waals surface area contributed by atoms with Gasteiger partial charge in [0.05, 0.1) is 18.6 Å². The molecule has 9 heteroatoms. The number of fused-ring (bicyclic) bond motifs is 1. The molecule has 156 valence electrons. The standard InChI is InChI=1S/C20H25ClN4O3S/c1-24(2)9-10-25-16-6-4-5-14(16)19(23-20(25)27)29-12-18(26)22-15-11-13(21)7-8-17(15)28-3/h7-8,11H,4-6,9-10,12H2,1-3H3,(H,22,26). The Morgan fingerprint density at radius 2 is 2.17 bits per heavy atom. The first kappa shape index (κ1) is 21.7. The molecular weight excluding hydrogens is 412 g/mol. The van der Waals surface area contributed by atoms with E-state index in [-0.39, 0.29) is 17.3 Å². The van der Waals surface area contributed by atoms with Crippen LogP contribution < -0.4 is 15.7 Å². The van der Waals surface area contributed by atoms with Crippen molar-refractivity contribution < 1.29 is 9.53 Å². The summed E-state index contributed by atoms with van der Waals surface area (Å²) in [6.07, 6.45) is 2.76. The minimum Gasteiger partial charge on any atom is -0.495 e. The molecule has 0 unspecified atom stereocenters. The van der Waals surface area contributed by atoms with Gasteiger partial charge in [-0.1, -0.05) is 23.4 Å². The van der Waals surface area contributed by atoms with Crippen molar-refractivity contribution in [2.75, 3.05) is 38.8 Å². The first-order valence-electron chi connectivity index (χ1n) is 9.42. The number of halogens is 1. The second kappa shape index (κ2) is 9.65. The van der Waals surface area contributed by atoms with Gasteiger partial charge < -0.3 is 15.0 Å². The minimum atomic E-state index is -0.244. The molecule has 0 saturated carbocycles. The molecule has 0 atom stereocenters. The summed E-state index contributed by atoms with van der Waals surface area (Å²) in [5.41, 5.74) is 2.43. The van der Waals surface area contributed by atoms with Crippen molar-refractivity contribution in [3.05, 3.63) is 45.0 Å². The van der Waals surface area contributed by atoms with Gasteiger partial charge in [-0.3, -0.25) is 9.36 Å². The molecule has 29 heavy (non-hydrogen) atoms. The van der Waals surface area contributed by atoms with Crippen molar-refractivity contribution in [1.82, 2.24) is 14.5 Å². The maximum absolute atomic E-state index is 12.6. The molecule has 1 amide bonds. The number of amides is 1. The Hall–Kier alpha value is -2.03. The van der Waals surface area contributed by atoms with E-state index in [2.05, 4.69) is 10.3 Å². The number of ether oxygens (including phenoxy) is 1. The van der Waals surface area contributed by atoms with E-state index in [1.54, 1.807) is 22.8 Å². The number of methoxy groups -OCH3 is 1. The summed E-state index contributed by atoms with van der Waals surface area (Å²) in [5, 5.41) is 3.99. The summed E-state index contributed by atoms with van der Waals surface area (Å²) in [5.74, 6) is 0.479. The summed E-state index contributed by atoms with van der Waals surface area (Å²) >= 11 is 7.31. The Labute approximate surface area is 179 Å². The summed E-state index contributed by atoms with van der Waals surface area (Å²) in [6.45, 7) is 1.41. The zero-order valence-corrected chi connectivity index (χ0v) is 18.4. The Balaban J connectivity index is 1.72. The maximum atomic E-state index is 12.6. The Morgan fingerprint density at radius 3 is 2.90 bits per heavy atom. The molecule has 7 nitrogen and oxygen atoms in total.